The van der Waals surface area contributed by atoms with Crippen LogP contribution in [0.5, 0.6) is 11.5 Å². The van der Waals surface area contributed by atoms with E-state index in [4.69, 9.17) is 54.3 Å². The quantitative estimate of drug-likeness (QED) is 0.361. The Balaban J connectivity index is 0.000000215. The van der Waals surface area contributed by atoms with Gasteiger partial charge in [0, 0.05) is 36.1 Å². The number of hydrogen-bond donors (Lipinski definition) is 1. The highest BCUT2D eigenvalue weighted by atomic mass is 16.7. The van der Waals surface area contributed by atoms with E-state index in [0.29, 0.717) is 40.6 Å². The largest absolute Gasteiger partial charge is 0.497 e. The summed E-state index contributed by atoms with van der Waals surface area (Å²) in [6, 6.07) is 13.0. The molecule has 5 aliphatic heterocycles. The van der Waals surface area contributed by atoms with Crippen LogP contribution in [0.1, 0.15) is 59.6 Å². The van der Waals surface area contributed by atoms with Crippen molar-refractivity contribution in [2.75, 3.05) is 79.8 Å². The third kappa shape index (κ3) is 9.46. The number of ketones is 1. The fourth-order valence-corrected chi connectivity index (χ4v) is 5.96. The van der Waals surface area contributed by atoms with Gasteiger partial charge in [-0.2, -0.15) is 0 Å². The summed E-state index contributed by atoms with van der Waals surface area (Å²) in [4.78, 5) is 26.6. The van der Waals surface area contributed by atoms with Crippen molar-refractivity contribution in [1.29, 1.82) is 0 Å². The Morgan fingerprint density at radius 3 is 1.71 bits per heavy atom. The Bertz CT molecular complexity index is 1930. The van der Waals surface area contributed by atoms with Gasteiger partial charge >= 0.3 is 5.97 Å². The molecular weight excluding hydrogens is 660 g/mol. The number of Topliss-reactive ketones (excluding diaryl/α,β-unsaturated/α-hetero) is 1. The van der Waals surface area contributed by atoms with E-state index in [1.807, 2.05) is 0 Å². The summed E-state index contributed by atoms with van der Waals surface area (Å²) in [5.41, 5.74) is 0.997. The molecule has 5 heterocycles. The third-order valence-corrected chi connectivity index (χ3v) is 8.58. The first-order valence-electron chi connectivity index (χ1n) is 22.7. The van der Waals surface area contributed by atoms with E-state index in [1.165, 1.54) is 14.2 Å². The number of nitrogens with zero attached hydrogens (tertiary/aromatic N) is 2. The van der Waals surface area contributed by atoms with Crippen molar-refractivity contribution in [2.24, 2.45) is 11.8 Å². The van der Waals surface area contributed by atoms with E-state index < -0.39 is 86.8 Å². The second kappa shape index (κ2) is 17.6. The molecule has 2 aromatic rings. The van der Waals surface area contributed by atoms with Crippen molar-refractivity contribution in [3.05, 3.63) is 59.7 Å². The third-order valence-electron chi connectivity index (χ3n) is 8.58. The van der Waals surface area contributed by atoms with Crippen LogP contribution in [0.2, 0.25) is 0 Å². The maximum atomic E-state index is 13.4. The molecule has 7 rings (SSSR count). The molecule has 5 saturated heterocycles. The van der Waals surface area contributed by atoms with Crippen LogP contribution in [0.4, 0.5) is 0 Å². The highest BCUT2D eigenvalue weighted by molar-refractivity contribution is 5.83. The summed E-state index contributed by atoms with van der Waals surface area (Å²) in [7, 11) is 2.99. The monoisotopic (exact) mass is 724 g/mol. The number of carbonyl (C=O) groups excluding carboxylic acids is 1. The minimum Gasteiger partial charge on any atom is -0.497 e. The van der Waals surface area contributed by atoms with Crippen LogP contribution in [0.15, 0.2) is 48.5 Å². The van der Waals surface area contributed by atoms with Gasteiger partial charge in [0.2, 0.25) is 0 Å². The molecule has 2 aromatic carbocycles. The topological polar surface area (TPSA) is 135 Å². The smallest absolute Gasteiger partial charge is 0.312 e. The zero-order chi connectivity index (χ0) is 46.4. The van der Waals surface area contributed by atoms with E-state index in [-0.39, 0.29) is 39.5 Å². The van der Waals surface area contributed by atoms with Crippen LogP contribution in [0.25, 0.3) is 0 Å². The lowest BCUT2D eigenvalue weighted by Crippen LogP contribution is -2.57. The predicted octanol–water partition coefficient (Wildman–Crippen LogP) is 3.72. The summed E-state index contributed by atoms with van der Waals surface area (Å²) in [5.74, 6) is -10.4. The van der Waals surface area contributed by atoms with Gasteiger partial charge in [-0.3, -0.25) is 19.4 Å². The second-order valence-electron chi connectivity index (χ2n) is 12.1. The lowest BCUT2D eigenvalue weighted by atomic mass is 9.86. The predicted molar refractivity (Wildman–Crippen MR) is 184 cm³/mol. The molecule has 1 N–H and O–H groups in total. The Morgan fingerprint density at radius 2 is 1.25 bits per heavy atom. The molecule has 13 heteroatoms. The minimum absolute atomic E-state index is 0.0641. The maximum Gasteiger partial charge on any atom is 0.312 e. The van der Waals surface area contributed by atoms with Crippen LogP contribution in [0.3, 0.4) is 0 Å². The number of aliphatic carboxylic acids is 1. The number of carbonyl (C=O) groups is 2. The van der Waals surface area contributed by atoms with Gasteiger partial charge in [0.05, 0.1) is 59.6 Å². The molecule has 3 unspecified atom stereocenters. The molecule has 51 heavy (non-hydrogen) atoms. The van der Waals surface area contributed by atoms with Crippen molar-refractivity contribution >= 4 is 11.8 Å². The van der Waals surface area contributed by atoms with E-state index in [1.54, 1.807) is 48.5 Å². The molecule has 3 atom stereocenters. The number of carboxylic acid groups (broad SMARTS) is 1. The molecule has 0 amide bonds. The Kier molecular flexibility index (Phi) is 8.61. The van der Waals surface area contributed by atoms with Crippen LogP contribution >= 0.6 is 0 Å². The normalized spacial score (nSPS) is 35.5. The lowest BCUT2D eigenvalue weighted by molar-refractivity contribution is -0.229. The number of benzene rings is 2. The van der Waals surface area contributed by atoms with E-state index in [9.17, 15) is 14.7 Å². The molecule has 0 aromatic heterocycles. The van der Waals surface area contributed by atoms with Gasteiger partial charge in [-0.1, -0.05) is 24.3 Å². The van der Waals surface area contributed by atoms with Crippen molar-refractivity contribution < 1.29 is 69.0 Å². The molecule has 0 radical (unpaired) electrons. The maximum absolute atomic E-state index is 13.4. The SMILES string of the molecule is [2H]C1([2H])C(C(=O)COC2CCCCO2)C2(OCCO2)C([2H])([2H])N(Cc2ccc(OC)cc2)C1([2H])[2H].[2H]C1([2H])C(C(=O)O)C2(OCCO2)C([2H])([2H])N(Cc2ccc(OC)cc2)C1([2H])[2H]. The van der Waals surface area contributed by atoms with Crippen LogP contribution in [-0.4, -0.2) is 124 Å². The number of carboxylic acids is 1. The highest BCUT2D eigenvalue weighted by Crippen LogP contribution is 2.38. The average Bonchev–Trinajstić information content (AvgIpc) is 3.93. The van der Waals surface area contributed by atoms with Crippen molar-refractivity contribution in [2.45, 2.75) is 63.0 Å². The second-order valence-corrected chi connectivity index (χ2v) is 12.1. The van der Waals surface area contributed by atoms with Gasteiger partial charge < -0.3 is 43.0 Å². The molecule has 13 nitrogen and oxygen atoms in total. The number of piperidine rings is 2. The summed E-state index contributed by atoms with van der Waals surface area (Å²) in [5, 5.41) is 9.63. The number of likely N-dealkylation sites (tertiary alicyclic amines) is 2. The summed E-state index contributed by atoms with van der Waals surface area (Å²) >= 11 is 0. The van der Waals surface area contributed by atoms with Gasteiger partial charge in [-0.05, 0) is 80.4 Å². The van der Waals surface area contributed by atoms with Gasteiger partial charge in [0.25, 0.3) is 0 Å². The first kappa shape index (κ1) is 25.0. The summed E-state index contributed by atoms with van der Waals surface area (Å²) < 4.78 is 146. The Labute approximate surface area is 316 Å². The molecule has 5 aliphatic rings. The molecule has 2 spiro atoms. The number of methoxy groups -OCH3 is 2. The highest BCUT2D eigenvalue weighted by Gasteiger charge is 2.52. The van der Waals surface area contributed by atoms with E-state index in [0.717, 1.165) is 17.7 Å². The van der Waals surface area contributed by atoms with Crippen molar-refractivity contribution in [3.8, 4) is 11.5 Å². The van der Waals surface area contributed by atoms with Crippen LogP contribution < -0.4 is 9.47 Å². The lowest BCUT2D eigenvalue weighted by Gasteiger charge is -2.43. The first-order valence-corrected chi connectivity index (χ1v) is 16.7. The van der Waals surface area contributed by atoms with Crippen LogP contribution in [0, 0.1) is 11.8 Å². The first-order chi connectivity index (χ1) is 29.4. The minimum atomic E-state index is -3.01. The molecule has 0 saturated carbocycles. The molecule has 5 fully saturated rings. The Morgan fingerprint density at radius 1 is 0.765 bits per heavy atom. The number of ether oxygens (including phenoxy) is 8. The molecule has 280 valence electrons. The van der Waals surface area contributed by atoms with Gasteiger partial charge in [0.15, 0.2) is 23.6 Å². The van der Waals surface area contributed by atoms with Gasteiger partial charge in [-0.15, -0.1) is 0 Å². The van der Waals surface area contributed by atoms with E-state index >= 15 is 0 Å². The molecule has 0 aliphatic carbocycles. The molecular formula is C38H52N2O11. The Hall–Kier alpha value is -3.14. The zero-order valence-electron chi connectivity index (χ0n) is 40.6. The van der Waals surface area contributed by atoms with E-state index in [2.05, 4.69) is 0 Å². The standard InChI is InChI=1S/C22H31NO6.C16H21NO5/c1-25-18-7-5-17(6-8-18)14-23-10-9-19(22(16-23)28-12-13-29-22)20(24)15-27-21-4-2-3-11-26-21;1-20-13-4-2-12(3-5-13)10-17-7-6-14(15(18)19)16(11-17)21-8-9-22-16/h5-8,19,21H,2-4,9-16H2,1H3;2-5,14H,6-11H2,1H3,(H,18,19)/i9D2,10D2,16D2;6D2,7D2,11D2. The van der Waals surface area contributed by atoms with Crippen LogP contribution in [-0.2, 0) is 51.1 Å². The van der Waals surface area contributed by atoms with Gasteiger partial charge in [0.1, 0.15) is 24.0 Å². The summed E-state index contributed by atoms with van der Waals surface area (Å²) in [6.45, 7) is -12.5. The molecule has 0 bridgehead atoms. The van der Waals surface area contributed by atoms with Gasteiger partial charge in [-0.25, -0.2) is 0 Å². The number of hydrogen-bond acceptors (Lipinski definition) is 12. The fourth-order valence-electron chi connectivity index (χ4n) is 5.96. The number of rotatable bonds is 11. The average molecular weight is 725 g/mol. The van der Waals surface area contributed by atoms with Crippen molar-refractivity contribution in [1.82, 2.24) is 9.80 Å². The van der Waals surface area contributed by atoms with Crippen molar-refractivity contribution in [3.63, 3.8) is 0 Å². The zero-order valence-corrected chi connectivity index (χ0v) is 28.6. The summed E-state index contributed by atoms with van der Waals surface area (Å²) in [6.07, 6.45) is -4.19. The fraction of sp³-hybridized carbons (Fsp3) is 0.632.